The van der Waals surface area contributed by atoms with Crippen LogP contribution in [0.3, 0.4) is 0 Å². The van der Waals surface area contributed by atoms with Gasteiger partial charge in [0.1, 0.15) is 12.2 Å². The predicted octanol–water partition coefficient (Wildman–Crippen LogP) is 1.47. The van der Waals surface area contributed by atoms with E-state index >= 15 is 0 Å². The third-order valence-electron chi connectivity index (χ3n) is 2.85. The number of hydrogen-bond acceptors (Lipinski definition) is 3. The molecular formula is C11H22N4. The summed E-state index contributed by atoms with van der Waals surface area (Å²) in [6, 6.07) is 0.562. The van der Waals surface area contributed by atoms with E-state index in [-0.39, 0.29) is 0 Å². The molecule has 0 bridgehead atoms. The molecule has 0 amide bonds. The quantitative estimate of drug-likeness (QED) is 0.773. The van der Waals surface area contributed by atoms with Crippen molar-refractivity contribution in [2.75, 3.05) is 7.05 Å². The number of aromatic nitrogens is 3. The molecule has 0 fully saturated rings. The van der Waals surface area contributed by atoms with Crippen LogP contribution in [0.15, 0.2) is 6.33 Å². The number of rotatable bonds is 6. The second kappa shape index (κ2) is 5.85. The van der Waals surface area contributed by atoms with Crippen LogP contribution in [-0.4, -0.2) is 27.9 Å². The van der Waals surface area contributed by atoms with Gasteiger partial charge in [0.2, 0.25) is 0 Å². The predicted molar refractivity (Wildman–Crippen MR) is 61.7 cm³/mol. The Hall–Kier alpha value is -0.900. The second-order valence-corrected chi connectivity index (χ2v) is 4.17. The van der Waals surface area contributed by atoms with Gasteiger partial charge in [0, 0.05) is 19.0 Å². The van der Waals surface area contributed by atoms with Gasteiger partial charge >= 0.3 is 0 Å². The molecule has 1 N–H and O–H groups in total. The van der Waals surface area contributed by atoms with Crippen molar-refractivity contribution in [1.29, 1.82) is 0 Å². The highest BCUT2D eigenvalue weighted by molar-refractivity contribution is 4.86. The Morgan fingerprint density at radius 3 is 2.73 bits per heavy atom. The van der Waals surface area contributed by atoms with Gasteiger partial charge in [-0.25, -0.2) is 4.98 Å². The third-order valence-corrected chi connectivity index (χ3v) is 2.85. The molecule has 1 rings (SSSR count). The maximum atomic E-state index is 4.28. The Balaban J connectivity index is 2.48. The van der Waals surface area contributed by atoms with Crippen molar-refractivity contribution in [3.05, 3.63) is 12.2 Å². The number of aryl methyl sites for hydroxylation is 2. The van der Waals surface area contributed by atoms with E-state index in [9.17, 15) is 0 Å². The van der Waals surface area contributed by atoms with Gasteiger partial charge in [-0.1, -0.05) is 13.8 Å². The van der Waals surface area contributed by atoms with E-state index in [1.807, 2.05) is 11.7 Å². The van der Waals surface area contributed by atoms with E-state index in [0.29, 0.717) is 12.0 Å². The number of nitrogens with one attached hydrogen (secondary N) is 1. The van der Waals surface area contributed by atoms with Crippen LogP contribution in [0.5, 0.6) is 0 Å². The molecule has 1 heterocycles. The molecular weight excluding hydrogens is 188 g/mol. The summed E-state index contributed by atoms with van der Waals surface area (Å²) in [7, 11) is 2.02. The van der Waals surface area contributed by atoms with Crippen molar-refractivity contribution in [3.8, 4) is 0 Å². The van der Waals surface area contributed by atoms with Gasteiger partial charge < -0.3 is 5.32 Å². The second-order valence-electron chi connectivity index (χ2n) is 4.17. The first-order valence-corrected chi connectivity index (χ1v) is 5.73. The minimum atomic E-state index is 0.562. The first-order valence-electron chi connectivity index (χ1n) is 5.73. The van der Waals surface area contributed by atoms with Crippen LogP contribution in [0.2, 0.25) is 0 Å². The van der Waals surface area contributed by atoms with Crippen LogP contribution >= 0.6 is 0 Å². The molecule has 0 aliphatic carbocycles. The molecule has 0 saturated carbocycles. The summed E-state index contributed by atoms with van der Waals surface area (Å²) in [6.07, 6.45) is 3.76. The molecule has 0 aliphatic heterocycles. The fraction of sp³-hybridized carbons (Fsp3) is 0.818. The topological polar surface area (TPSA) is 42.7 Å². The molecule has 4 heteroatoms. The number of nitrogens with zero attached hydrogens (tertiary/aromatic N) is 3. The Labute approximate surface area is 92.1 Å². The average Bonchev–Trinajstić information content (AvgIpc) is 2.65. The van der Waals surface area contributed by atoms with Gasteiger partial charge in [-0.15, -0.1) is 0 Å². The Kier molecular flexibility index (Phi) is 4.75. The number of hydrogen-bond donors (Lipinski definition) is 1. The lowest BCUT2D eigenvalue weighted by Gasteiger charge is -2.19. The Morgan fingerprint density at radius 2 is 2.20 bits per heavy atom. The smallest absolute Gasteiger partial charge is 0.138 e. The van der Waals surface area contributed by atoms with Crippen LogP contribution in [0, 0.1) is 5.92 Å². The first kappa shape index (κ1) is 12.2. The van der Waals surface area contributed by atoms with Gasteiger partial charge in [-0.3, -0.25) is 4.68 Å². The molecule has 1 unspecified atom stereocenters. The van der Waals surface area contributed by atoms with Gasteiger partial charge in [0.25, 0.3) is 0 Å². The molecule has 15 heavy (non-hydrogen) atoms. The molecule has 0 aliphatic rings. The first-order chi connectivity index (χ1) is 7.19. The molecule has 1 atom stereocenters. The van der Waals surface area contributed by atoms with E-state index in [1.165, 1.54) is 0 Å². The third kappa shape index (κ3) is 3.30. The fourth-order valence-corrected chi connectivity index (χ4v) is 1.84. The largest absolute Gasteiger partial charge is 0.317 e. The van der Waals surface area contributed by atoms with Crippen molar-refractivity contribution in [2.24, 2.45) is 5.92 Å². The zero-order chi connectivity index (χ0) is 11.3. The van der Waals surface area contributed by atoms with E-state index in [0.717, 1.165) is 25.2 Å². The zero-order valence-corrected chi connectivity index (χ0v) is 10.2. The van der Waals surface area contributed by atoms with Crippen LogP contribution in [0.1, 0.15) is 33.0 Å². The molecule has 1 aromatic rings. The highest BCUT2D eigenvalue weighted by Gasteiger charge is 2.12. The normalized spacial score (nSPS) is 13.4. The van der Waals surface area contributed by atoms with Crippen LogP contribution < -0.4 is 5.32 Å². The lowest BCUT2D eigenvalue weighted by Crippen LogP contribution is -2.31. The maximum absolute atomic E-state index is 4.28. The molecule has 86 valence electrons. The summed E-state index contributed by atoms with van der Waals surface area (Å²) >= 11 is 0. The lowest BCUT2D eigenvalue weighted by molar-refractivity contribution is 0.396. The van der Waals surface area contributed by atoms with Gasteiger partial charge in [0.05, 0.1) is 0 Å². The Bertz CT molecular complexity index is 280. The van der Waals surface area contributed by atoms with E-state index in [1.54, 1.807) is 6.33 Å². The van der Waals surface area contributed by atoms with Crippen molar-refractivity contribution < 1.29 is 0 Å². The highest BCUT2D eigenvalue weighted by atomic mass is 15.3. The molecule has 0 radical (unpaired) electrons. The SMILES string of the molecule is CCn1ncnc1CCC(NC)C(C)C. The monoisotopic (exact) mass is 210 g/mol. The minimum absolute atomic E-state index is 0.562. The van der Waals surface area contributed by atoms with E-state index in [2.05, 4.69) is 36.2 Å². The molecule has 0 saturated heterocycles. The van der Waals surface area contributed by atoms with Gasteiger partial charge in [-0.05, 0) is 26.3 Å². The van der Waals surface area contributed by atoms with Crippen LogP contribution in [-0.2, 0) is 13.0 Å². The molecule has 0 aromatic carbocycles. The zero-order valence-electron chi connectivity index (χ0n) is 10.2. The minimum Gasteiger partial charge on any atom is -0.317 e. The Morgan fingerprint density at radius 1 is 1.47 bits per heavy atom. The lowest BCUT2D eigenvalue weighted by atomic mass is 9.99. The molecule has 1 aromatic heterocycles. The average molecular weight is 210 g/mol. The molecule has 4 nitrogen and oxygen atoms in total. The van der Waals surface area contributed by atoms with Crippen LogP contribution in [0.25, 0.3) is 0 Å². The summed E-state index contributed by atoms with van der Waals surface area (Å²) in [6.45, 7) is 7.48. The van der Waals surface area contributed by atoms with Gasteiger partial charge in [0.15, 0.2) is 0 Å². The summed E-state index contributed by atoms with van der Waals surface area (Å²) < 4.78 is 1.97. The van der Waals surface area contributed by atoms with E-state index in [4.69, 9.17) is 0 Å². The van der Waals surface area contributed by atoms with Crippen LogP contribution in [0.4, 0.5) is 0 Å². The summed E-state index contributed by atoms with van der Waals surface area (Å²) in [5, 5.41) is 7.51. The van der Waals surface area contributed by atoms with Crippen molar-refractivity contribution in [2.45, 2.75) is 46.2 Å². The summed E-state index contributed by atoms with van der Waals surface area (Å²) in [4.78, 5) is 4.28. The summed E-state index contributed by atoms with van der Waals surface area (Å²) in [5.41, 5.74) is 0. The van der Waals surface area contributed by atoms with E-state index < -0.39 is 0 Å². The fourth-order valence-electron chi connectivity index (χ4n) is 1.84. The van der Waals surface area contributed by atoms with Crippen molar-refractivity contribution >= 4 is 0 Å². The van der Waals surface area contributed by atoms with Crippen molar-refractivity contribution in [3.63, 3.8) is 0 Å². The van der Waals surface area contributed by atoms with Gasteiger partial charge in [-0.2, -0.15) is 5.10 Å². The van der Waals surface area contributed by atoms with Crippen molar-refractivity contribution in [1.82, 2.24) is 20.1 Å². The molecule has 0 spiro atoms. The standard InChI is InChI=1S/C11H22N4/c1-5-15-11(13-8-14-15)7-6-10(12-4)9(2)3/h8-10,12H,5-7H2,1-4H3. The summed E-state index contributed by atoms with van der Waals surface area (Å²) in [5.74, 6) is 1.76. The maximum Gasteiger partial charge on any atom is 0.138 e. The highest BCUT2D eigenvalue weighted by Crippen LogP contribution is 2.09.